The van der Waals surface area contributed by atoms with Crippen molar-refractivity contribution >= 4 is 17.7 Å². The molecule has 0 aliphatic carbocycles. The Labute approximate surface area is 95.8 Å². The number of rotatable bonds is 3. The molecule has 0 aliphatic heterocycles. The lowest BCUT2D eigenvalue weighted by Crippen LogP contribution is -1.96. The summed E-state index contributed by atoms with van der Waals surface area (Å²) < 4.78 is 13.4. The van der Waals surface area contributed by atoms with Crippen LogP contribution in [-0.2, 0) is 0 Å². The van der Waals surface area contributed by atoms with E-state index in [4.69, 9.17) is 11.6 Å². The van der Waals surface area contributed by atoms with E-state index >= 15 is 0 Å². The smallest absolute Gasteiger partial charge is 0.130 e. The number of allylic oxidation sites excluding steroid dienone is 1. The van der Waals surface area contributed by atoms with E-state index in [0.29, 0.717) is 17.4 Å². The van der Waals surface area contributed by atoms with Crippen LogP contribution in [0.1, 0.15) is 25.0 Å². The Morgan fingerprint density at radius 2 is 2.13 bits per heavy atom. The van der Waals surface area contributed by atoms with Crippen LogP contribution in [0, 0.1) is 18.7 Å². The summed E-state index contributed by atoms with van der Waals surface area (Å²) in [5, 5.41) is 0. The Hall–Kier alpha value is -0.820. The minimum absolute atomic E-state index is 0.191. The molecule has 1 rings (SSSR count). The van der Waals surface area contributed by atoms with Gasteiger partial charge in [0.25, 0.3) is 0 Å². The number of benzene rings is 1. The van der Waals surface area contributed by atoms with Crippen molar-refractivity contribution in [2.45, 2.75) is 20.8 Å². The topological polar surface area (TPSA) is 0 Å². The second-order valence-corrected chi connectivity index (χ2v) is 4.30. The van der Waals surface area contributed by atoms with E-state index in [0.717, 1.165) is 11.1 Å². The van der Waals surface area contributed by atoms with E-state index in [1.165, 1.54) is 6.07 Å². The molecular formula is C13H16ClF. The average Bonchev–Trinajstić information content (AvgIpc) is 2.18. The maximum absolute atomic E-state index is 13.4. The summed E-state index contributed by atoms with van der Waals surface area (Å²) in [5.74, 6) is 0.608. The Morgan fingerprint density at radius 1 is 1.47 bits per heavy atom. The molecule has 82 valence electrons. The fourth-order valence-corrected chi connectivity index (χ4v) is 1.72. The molecule has 0 saturated heterocycles. The van der Waals surface area contributed by atoms with Gasteiger partial charge in [-0.05, 0) is 25.0 Å². The fourth-order valence-electron chi connectivity index (χ4n) is 1.33. The molecule has 15 heavy (non-hydrogen) atoms. The highest BCUT2D eigenvalue weighted by atomic mass is 35.5. The second kappa shape index (κ2) is 5.32. The van der Waals surface area contributed by atoms with Crippen LogP contribution >= 0.6 is 11.6 Å². The molecule has 0 heterocycles. The van der Waals surface area contributed by atoms with Crippen LogP contribution in [0.25, 0.3) is 6.08 Å². The van der Waals surface area contributed by atoms with Gasteiger partial charge >= 0.3 is 0 Å². The highest BCUT2D eigenvalue weighted by Gasteiger charge is 2.05. The largest absolute Gasteiger partial charge is 0.206 e. The van der Waals surface area contributed by atoms with Gasteiger partial charge in [-0.1, -0.05) is 37.1 Å². The number of hydrogen-bond acceptors (Lipinski definition) is 0. The average molecular weight is 227 g/mol. The van der Waals surface area contributed by atoms with Crippen molar-refractivity contribution in [2.75, 3.05) is 5.88 Å². The van der Waals surface area contributed by atoms with Gasteiger partial charge in [-0.15, -0.1) is 11.6 Å². The second-order valence-electron chi connectivity index (χ2n) is 4.03. The quantitative estimate of drug-likeness (QED) is 0.670. The predicted octanol–water partition coefficient (Wildman–Crippen LogP) is 4.41. The van der Waals surface area contributed by atoms with Crippen LogP contribution in [0.2, 0.25) is 0 Å². The third-order valence-corrected chi connectivity index (χ3v) is 2.70. The van der Waals surface area contributed by atoms with Gasteiger partial charge in [-0.25, -0.2) is 4.39 Å². The van der Waals surface area contributed by atoms with E-state index in [1.54, 1.807) is 6.07 Å². The zero-order valence-corrected chi connectivity index (χ0v) is 10.1. The van der Waals surface area contributed by atoms with Gasteiger partial charge in [0.1, 0.15) is 5.82 Å². The van der Waals surface area contributed by atoms with Crippen LogP contribution in [0.4, 0.5) is 4.39 Å². The Kier molecular flexibility index (Phi) is 4.34. The molecule has 0 saturated carbocycles. The van der Waals surface area contributed by atoms with Gasteiger partial charge in [0.15, 0.2) is 0 Å². The molecule has 0 spiro atoms. The van der Waals surface area contributed by atoms with E-state index < -0.39 is 0 Å². The zero-order chi connectivity index (χ0) is 11.4. The first kappa shape index (κ1) is 12.3. The maximum atomic E-state index is 13.4. The third kappa shape index (κ3) is 3.35. The van der Waals surface area contributed by atoms with Crippen LogP contribution in [0.15, 0.2) is 23.8 Å². The summed E-state index contributed by atoms with van der Waals surface area (Å²) in [5.41, 5.74) is 2.74. The lowest BCUT2D eigenvalue weighted by atomic mass is 10.0. The first-order valence-electron chi connectivity index (χ1n) is 5.07. The number of aryl methyl sites for hydroxylation is 1. The molecular weight excluding hydrogens is 211 g/mol. The van der Waals surface area contributed by atoms with Crippen molar-refractivity contribution in [1.29, 1.82) is 0 Å². The Bertz CT molecular complexity index is 367. The van der Waals surface area contributed by atoms with Gasteiger partial charge < -0.3 is 0 Å². The van der Waals surface area contributed by atoms with Gasteiger partial charge in [0, 0.05) is 11.4 Å². The molecule has 0 fully saturated rings. The van der Waals surface area contributed by atoms with Crippen LogP contribution < -0.4 is 0 Å². The highest BCUT2D eigenvalue weighted by Crippen LogP contribution is 2.19. The highest BCUT2D eigenvalue weighted by molar-refractivity contribution is 6.19. The number of hydrogen-bond donors (Lipinski definition) is 0. The summed E-state index contributed by atoms with van der Waals surface area (Å²) in [6.07, 6.45) is 1.85. The fraction of sp³-hybridized carbons (Fsp3) is 0.385. The van der Waals surface area contributed by atoms with Crippen molar-refractivity contribution in [3.8, 4) is 0 Å². The molecule has 0 aliphatic rings. The summed E-state index contributed by atoms with van der Waals surface area (Å²) in [4.78, 5) is 0. The summed E-state index contributed by atoms with van der Waals surface area (Å²) in [6.45, 7) is 6.07. The molecule has 0 unspecified atom stereocenters. The minimum atomic E-state index is -0.191. The monoisotopic (exact) mass is 226 g/mol. The van der Waals surface area contributed by atoms with E-state index in [-0.39, 0.29) is 5.82 Å². The molecule has 0 aromatic heterocycles. The third-order valence-electron chi connectivity index (χ3n) is 2.39. The Morgan fingerprint density at radius 3 is 2.67 bits per heavy atom. The molecule has 0 bridgehead atoms. The van der Waals surface area contributed by atoms with Crippen molar-refractivity contribution in [3.63, 3.8) is 0 Å². The van der Waals surface area contributed by atoms with E-state index in [9.17, 15) is 4.39 Å². The molecule has 0 N–H and O–H groups in total. The molecule has 0 nitrogen and oxygen atoms in total. The summed E-state index contributed by atoms with van der Waals surface area (Å²) >= 11 is 5.81. The normalized spacial score (nSPS) is 12.3. The van der Waals surface area contributed by atoms with Gasteiger partial charge in [-0.3, -0.25) is 0 Å². The number of halogens is 2. The van der Waals surface area contributed by atoms with Crippen molar-refractivity contribution in [1.82, 2.24) is 0 Å². The molecule has 1 aromatic carbocycles. The molecule has 1 aromatic rings. The first-order chi connectivity index (χ1) is 7.04. The Balaban J connectivity index is 3.10. The zero-order valence-electron chi connectivity index (χ0n) is 9.35. The van der Waals surface area contributed by atoms with Gasteiger partial charge in [0.2, 0.25) is 0 Å². The van der Waals surface area contributed by atoms with Crippen LogP contribution in [-0.4, -0.2) is 5.88 Å². The summed E-state index contributed by atoms with van der Waals surface area (Å²) in [6, 6.07) is 5.10. The van der Waals surface area contributed by atoms with Gasteiger partial charge in [0.05, 0.1) is 0 Å². The minimum Gasteiger partial charge on any atom is -0.206 e. The van der Waals surface area contributed by atoms with Crippen molar-refractivity contribution < 1.29 is 4.39 Å². The maximum Gasteiger partial charge on any atom is 0.130 e. The summed E-state index contributed by atoms with van der Waals surface area (Å²) in [7, 11) is 0. The first-order valence-corrected chi connectivity index (χ1v) is 5.60. The van der Waals surface area contributed by atoms with Crippen molar-refractivity contribution in [2.24, 2.45) is 5.92 Å². The lowest BCUT2D eigenvalue weighted by Gasteiger charge is -2.08. The van der Waals surface area contributed by atoms with Crippen LogP contribution in [0.5, 0.6) is 0 Å². The standard InChI is InChI=1S/C13H16ClF/c1-9(2)12(8-14)7-11-6-10(3)4-5-13(11)15/h4-7,9H,8H2,1-3H3/b12-7+. The van der Waals surface area contributed by atoms with Crippen molar-refractivity contribution in [3.05, 3.63) is 40.7 Å². The van der Waals surface area contributed by atoms with E-state index in [2.05, 4.69) is 13.8 Å². The van der Waals surface area contributed by atoms with E-state index in [1.807, 2.05) is 19.1 Å². The van der Waals surface area contributed by atoms with Crippen LogP contribution in [0.3, 0.4) is 0 Å². The molecule has 2 heteroatoms. The molecule has 0 radical (unpaired) electrons. The predicted molar refractivity (Wildman–Crippen MR) is 64.7 cm³/mol. The number of alkyl halides is 1. The lowest BCUT2D eigenvalue weighted by molar-refractivity contribution is 0.624. The molecule has 0 atom stereocenters. The molecule has 0 amide bonds. The SMILES string of the molecule is Cc1ccc(F)c(/C=C(\CCl)C(C)C)c1. The van der Waals surface area contributed by atoms with Gasteiger partial charge in [-0.2, -0.15) is 0 Å².